The Morgan fingerprint density at radius 3 is 1.02 bits per heavy atom. The molecule has 0 aliphatic heterocycles. The molecule has 0 radical (unpaired) electrons. The van der Waals surface area contributed by atoms with Crippen LogP contribution in [0.25, 0.3) is 0 Å². The number of aliphatic hydroxyl groups excluding tert-OH is 1. The van der Waals surface area contributed by atoms with E-state index in [2.05, 4.69) is 0 Å². The number of hydrogen-bond donors (Lipinski definition) is 1. The van der Waals surface area contributed by atoms with Crippen LogP contribution in [0.3, 0.4) is 0 Å². The van der Waals surface area contributed by atoms with Crippen LogP contribution < -0.4 is 0 Å². The molecule has 1 N–H and O–H groups in total. The van der Waals surface area contributed by atoms with Crippen LogP contribution >= 0.6 is 0 Å². The summed E-state index contributed by atoms with van der Waals surface area (Å²) in [6, 6.07) is 0. The van der Waals surface area contributed by atoms with E-state index in [9.17, 15) is 24.3 Å². The normalized spacial score (nSPS) is 15.5. The maximum absolute atomic E-state index is 12.7. The quantitative estimate of drug-likeness (QED) is 0.0722. The van der Waals surface area contributed by atoms with E-state index >= 15 is 0 Å². The second-order valence-electron chi connectivity index (χ2n) is 14.1. The first kappa shape index (κ1) is 45.7. The SMILES string of the molecule is CCCCC(=O)OC(C)(C)COCC(C)(COCC(C)(COCC(C)(CO)OC(=O)CCCC)OC(=O)CCCC)OC(=O)CCCC. The Morgan fingerprint density at radius 2 is 0.708 bits per heavy atom. The number of unbranched alkanes of at least 4 members (excludes halogenated alkanes) is 4. The molecule has 12 nitrogen and oxygen atoms in total. The molecule has 0 aromatic rings. The number of aliphatic hydroxyl groups is 1. The summed E-state index contributed by atoms with van der Waals surface area (Å²) in [5.74, 6) is -1.55. The molecule has 0 aromatic heterocycles. The summed E-state index contributed by atoms with van der Waals surface area (Å²) in [4.78, 5) is 49.8. The zero-order valence-corrected chi connectivity index (χ0v) is 31.4. The van der Waals surface area contributed by atoms with E-state index in [0.717, 1.165) is 32.1 Å². The van der Waals surface area contributed by atoms with Gasteiger partial charge in [0.25, 0.3) is 0 Å². The van der Waals surface area contributed by atoms with E-state index in [-0.39, 0.29) is 64.9 Å². The Bertz CT molecular complexity index is 938. The van der Waals surface area contributed by atoms with Gasteiger partial charge in [-0.2, -0.15) is 0 Å². The molecule has 0 amide bonds. The standard InChI is InChI=1S/C36H66O12/c1-10-14-18-29(38)45-33(5,6)23-42-25-35(8,47-31(40)20-16-12-3)27-44-28-36(9,48-32(41)21-17-13-4)26-43-24-34(7,22-37)46-30(39)19-15-11-2/h37H,10-28H2,1-9H3. The highest BCUT2D eigenvalue weighted by atomic mass is 16.6. The summed E-state index contributed by atoms with van der Waals surface area (Å²) in [5, 5.41) is 9.94. The number of carbonyl (C=O) groups is 4. The lowest BCUT2D eigenvalue weighted by Gasteiger charge is -2.34. The third kappa shape index (κ3) is 21.6. The smallest absolute Gasteiger partial charge is 0.306 e. The summed E-state index contributed by atoms with van der Waals surface area (Å²) in [5.41, 5.74) is -4.63. The highest BCUT2D eigenvalue weighted by Gasteiger charge is 2.37. The van der Waals surface area contributed by atoms with Crippen LogP contribution in [0.4, 0.5) is 0 Å². The number of carbonyl (C=O) groups excluding carboxylic acids is 4. The fourth-order valence-electron chi connectivity index (χ4n) is 4.44. The lowest BCUT2D eigenvalue weighted by Crippen LogP contribution is -2.48. The third-order valence-electron chi connectivity index (χ3n) is 7.23. The first-order valence-electron chi connectivity index (χ1n) is 17.7. The van der Waals surface area contributed by atoms with Gasteiger partial charge in [-0.3, -0.25) is 19.2 Å². The Kier molecular flexibility index (Phi) is 22.8. The van der Waals surface area contributed by atoms with Crippen molar-refractivity contribution in [1.82, 2.24) is 0 Å². The van der Waals surface area contributed by atoms with Gasteiger partial charge in [0.05, 0.1) is 46.2 Å². The predicted octanol–water partition coefficient (Wildman–Crippen LogP) is 6.02. The van der Waals surface area contributed by atoms with Crippen LogP contribution in [0.15, 0.2) is 0 Å². The van der Waals surface area contributed by atoms with Gasteiger partial charge in [-0.15, -0.1) is 0 Å². The molecular formula is C36H66O12. The fraction of sp³-hybridized carbons (Fsp3) is 0.889. The van der Waals surface area contributed by atoms with Gasteiger partial charge in [0.15, 0.2) is 16.8 Å². The lowest BCUT2D eigenvalue weighted by atomic mass is 10.1. The minimum Gasteiger partial charge on any atom is -0.457 e. The van der Waals surface area contributed by atoms with Crippen molar-refractivity contribution < 1.29 is 57.4 Å². The molecule has 0 aromatic carbocycles. The zero-order valence-electron chi connectivity index (χ0n) is 31.4. The molecule has 0 spiro atoms. The largest absolute Gasteiger partial charge is 0.457 e. The summed E-state index contributed by atoms with van der Waals surface area (Å²) >= 11 is 0. The van der Waals surface area contributed by atoms with Crippen molar-refractivity contribution in [1.29, 1.82) is 0 Å². The van der Waals surface area contributed by atoms with Gasteiger partial charge in [-0.05, 0) is 60.3 Å². The van der Waals surface area contributed by atoms with Gasteiger partial charge >= 0.3 is 23.9 Å². The molecule has 3 atom stereocenters. The van der Waals surface area contributed by atoms with Crippen molar-refractivity contribution in [2.45, 2.75) is 162 Å². The topological polar surface area (TPSA) is 153 Å². The van der Waals surface area contributed by atoms with Crippen molar-refractivity contribution >= 4 is 23.9 Å². The zero-order chi connectivity index (χ0) is 36.7. The van der Waals surface area contributed by atoms with E-state index in [1.165, 1.54) is 0 Å². The first-order chi connectivity index (χ1) is 22.5. The van der Waals surface area contributed by atoms with E-state index in [1.54, 1.807) is 34.6 Å². The van der Waals surface area contributed by atoms with Gasteiger partial charge in [-0.1, -0.05) is 53.4 Å². The van der Waals surface area contributed by atoms with Crippen molar-refractivity contribution in [3.05, 3.63) is 0 Å². The molecule has 282 valence electrons. The van der Waals surface area contributed by atoms with Gasteiger partial charge in [-0.25, -0.2) is 0 Å². The van der Waals surface area contributed by atoms with E-state index < -0.39 is 46.9 Å². The molecule has 0 rings (SSSR count). The van der Waals surface area contributed by atoms with E-state index in [1.807, 2.05) is 27.7 Å². The fourth-order valence-corrected chi connectivity index (χ4v) is 4.44. The molecule has 12 heteroatoms. The molecule has 0 heterocycles. The van der Waals surface area contributed by atoms with Gasteiger partial charge in [0, 0.05) is 25.7 Å². The van der Waals surface area contributed by atoms with E-state index in [0.29, 0.717) is 25.7 Å². The minimum atomic E-state index is -1.28. The Morgan fingerprint density at radius 1 is 0.438 bits per heavy atom. The highest BCUT2D eigenvalue weighted by molar-refractivity contribution is 5.71. The average molecular weight is 691 g/mol. The molecule has 0 saturated heterocycles. The van der Waals surface area contributed by atoms with Gasteiger partial charge < -0.3 is 38.3 Å². The summed E-state index contributed by atoms with van der Waals surface area (Å²) < 4.78 is 40.6. The molecule has 0 aliphatic rings. The number of rotatable bonds is 29. The second-order valence-corrected chi connectivity index (χ2v) is 14.1. The maximum Gasteiger partial charge on any atom is 0.306 e. The molecule has 0 aliphatic carbocycles. The van der Waals surface area contributed by atoms with Crippen molar-refractivity contribution in [2.75, 3.05) is 46.2 Å². The number of esters is 4. The van der Waals surface area contributed by atoms with Gasteiger partial charge in [0.2, 0.25) is 0 Å². The molecule has 0 saturated carbocycles. The van der Waals surface area contributed by atoms with Crippen LogP contribution in [-0.4, -0.2) is 97.6 Å². The highest BCUT2D eigenvalue weighted by Crippen LogP contribution is 2.22. The molecule has 0 fully saturated rings. The monoisotopic (exact) mass is 690 g/mol. The van der Waals surface area contributed by atoms with Crippen LogP contribution in [0.5, 0.6) is 0 Å². The first-order valence-corrected chi connectivity index (χ1v) is 17.7. The summed E-state index contributed by atoms with van der Waals surface area (Å²) in [6.45, 7) is 15.5. The Labute approximate surface area is 289 Å². The molecule has 3 unspecified atom stereocenters. The van der Waals surface area contributed by atoms with E-state index in [4.69, 9.17) is 33.2 Å². The van der Waals surface area contributed by atoms with Gasteiger partial charge in [0.1, 0.15) is 5.60 Å². The Hall–Kier alpha value is -2.28. The van der Waals surface area contributed by atoms with Crippen molar-refractivity contribution in [3.8, 4) is 0 Å². The minimum absolute atomic E-state index is 0.0391. The number of ether oxygens (including phenoxy) is 7. The molecule has 48 heavy (non-hydrogen) atoms. The van der Waals surface area contributed by atoms with Crippen LogP contribution in [0.2, 0.25) is 0 Å². The predicted molar refractivity (Wildman–Crippen MR) is 181 cm³/mol. The van der Waals surface area contributed by atoms with Crippen molar-refractivity contribution in [2.24, 2.45) is 0 Å². The maximum atomic E-state index is 12.7. The molecule has 0 bridgehead atoms. The molecular weight excluding hydrogens is 624 g/mol. The van der Waals surface area contributed by atoms with Crippen molar-refractivity contribution in [3.63, 3.8) is 0 Å². The number of hydrogen-bond acceptors (Lipinski definition) is 12. The van der Waals surface area contributed by atoms with Crippen LogP contribution in [0, 0.1) is 0 Å². The second kappa shape index (κ2) is 24.0. The van der Waals surface area contributed by atoms with Crippen LogP contribution in [0.1, 0.15) is 139 Å². The lowest BCUT2D eigenvalue weighted by molar-refractivity contribution is -0.193. The summed E-state index contributed by atoms with van der Waals surface area (Å²) in [6.07, 6.45) is 7.10. The average Bonchev–Trinajstić information content (AvgIpc) is 3.00. The van der Waals surface area contributed by atoms with Crippen LogP contribution in [-0.2, 0) is 52.3 Å². The third-order valence-corrected chi connectivity index (χ3v) is 7.23. The summed E-state index contributed by atoms with van der Waals surface area (Å²) in [7, 11) is 0. The Balaban J connectivity index is 5.64.